The minimum atomic E-state index is -4.72. The number of aromatic nitrogens is 2. The van der Waals surface area contributed by atoms with E-state index in [1.54, 1.807) is 20.8 Å². The molecule has 0 aliphatic heterocycles. The van der Waals surface area contributed by atoms with Crippen molar-refractivity contribution in [2.24, 2.45) is 17.8 Å². The summed E-state index contributed by atoms with van der Waals surface area (Å²) in [6, 6.07) is -0.266. The van der Waals surface area contributed by atoms with E-state index in [1.807, 2.05) is 0 Å². The van der Waals surface area contributed by atoms with Crippen molar-refractivity contribution in [3.05, 3.63) is 17.5 Å². The molecule has 2 N–H and O–H groups in total. The second-order valence-electron chi connectivity index (χ2n) is 10.6. The molecular weight excluding hydrogens is 433 g/mol. The quantitative estimate of drug-likeness (QED) is 0.720. The van der Waals surface area contributed by atoms with Crippen molar-refractivity contribution in [2.75, 3.05) is 6.26 Å². The van der Waals surface area contributed by atoms with Crippen LogP contribution in [0.2, 0.25) is 0 Å². The van der Waals surface area contributed by atoms with Crippen molar-refractivity contribution < 1.29 is 26.4 Å². The van der Waals surface area contributed by atoms with E-state index >= 15 is 0 Å². The summed E-state index contributed by atoms with van der Waals surface area (Å²) in [5.41, 5.74) is -2.95. The van der Waals surface area contributed by atoms with Crippen molar-refractivity contribution in [1.29, 1.82) is 0 Å². The Hall–Kier alpha value is -1.62. The van der Waals surface area contributed by atoms with Crippen LogP contribution in [0.1, 0.15) is 68.9 Å². The number of halogens is 3. The van der Waals surface area contributed by atoms with Crippen LogP contribution in [0.15, 0.2) is 6.20 Å². The van der Waals surface area contributed by atoms with Gasteiger partial charge in [0, 0.05) is 11.6 Å². The third-order valence-electron chi connectivity index (χ3n) is 6.89. The molecule has 0 spiro atoms. The van der Waals surface area contributed by atoms with Crippen LogP contribution in [-0.4, -0.2) is 41.9 Å². The number of carbonyl (C=O) groups is 1. The fraction of sp³-hybridized carbons (Fsp3) is 0.800. The van der Waals surface area contributed by atoms with E-state index in [0.717, 1.165) is 36.4 Å². The zero-order valence-corrected chi connectivity index (χ0v) is 18.9. The van der Waals surface area contributed by atoms with Gasteiger partial charge in [0.15, 0.2) is 5.69 Å². The zero-order chi connectivity index (χ0) is 23.0. The summed E-state index contributed by atoms with van der Waals surface area (Å²) in [5, 5.41) is 6.74. The van der Waals surface area contributed by atoms with E-state index in [2.05, 4.69) is 15.1 Å². The van der Waals surface area contributed by atoms with E-state index in [4.69, 9.17) is 0 Å². The van der Waals surface area contributed by atoms with E-state index in [0.29, 0.717) is 18.8 Å². The predicted octanol–water partition coefficient (Wildman–Crippen LogP) is 2.88. The topological polar surface area (TPSA) is 93.1 Å². The lowest BCUT2D eigenvalue weighted by Gasteiger charge is -2.59. The van der Waals surface area contributed by atoms with Crippen LogP contribution in [0.5, 0.6) is 0 Å². The Morgan fingerprint density at radius 3 is 2.23 bits per heavy atom. The Bertz CT molecular complexity index is 980. The number of nitrogens with zero attached hydrogens (tertiary/aromatic N) is 2. The Labute approximate surface area is 180 Å². The van der Waals surface area contributed by atoms with Crippen molar-refractivity contribution >= 4 is 15.9 Å². The Kier molecular flexibility index (Phi) is 5.05. The first-order valence-electron chi connectivity index (χ1n) is 10.5. The van der Waals surface area contributed by atoms with Crippen LogP contribution >= 0.6 is 0 Å². The molecule has 174 valence electrons. The lowest BCUT2D eigenvalue weighted by Crippen LogP contribution is -2.66. The Morgan fingerprint density at radius 2 is 1.74 bits per heavy atom. The SMILES string of the molecule is CC(C)(C)n1ncc(C(=O)NC2C3CC4CC2CC(NS(C)(=O)=O)(C4)C3)c1C(F)(F)F. The van der Waals surface area contributed by atoms with E-state index in [1.165, 1.54) is 0 Å². The molecule has 2 atom stereocenters. The number of alkyl halides is 3. The first-order valence-corrected chi connectivity index (χ1v) is 12.4. The first kappa shape index (κ1) is 22.6. The molecule has 0 aromatic carbocycles. The molecule has 2 unspecified atom stereocenters. The Morgan fingerprint density at radius 1 is 1.16 bits per heavy atom. The second kappa shape index (κ2) is 6.94. The van der Waals surface area contributed by atoms with Gasteiger partial charge in [0.25, 0.3) is 5.91 Å². The molecule has 4 fully saturated rings. The summed E-state index contributed by atoms with van der Waals surface area (Å²) in [4.78, 5) is 13.0. The van der Waals surface area contributed by atoms with Gasteiger partial charge in [-0.2, -0.15) is 18.3 Å². The summed E-state index contributed by atoms with van der Waals surface area (Å²) in [5.74, 6) is -0.326. The highest BCUT2D eigenvalue weighted by atomic mass is 32.2. The summed E-state index contributed by atoms with van der Waals surface area (Å²) in [7, 11) is -3.38. The molecule has 0 saturated heterocycles. The molecule has 11 heteroatoms. The molecule has 5 rings (SSSR count). The highest BCUT2D eigenvalue weighted by Crippen LogP contribution is 2.56. The van der Waals surface area contributed by atoms with Crippen molar-refractivity contribution in [3.8, 4) is 0 Å². The van der Waals surface area contributed by atoms with Crippen molar-refractivity contribution in [1.82, 2.24) is 19.8 Å². The number of amides is 1. The van der Waals surface area contributed by atoms with Gasteiger partial charge in [0.05, 0.1) is 23.6 Å². The fourth-order valence-electron chi connectivity index (χ4n) is 6.30. The van der Waals surface area contributed by atoms with Gasteiger partial charge in [-0.15, -0.1) is 0 Å². The van der Waals surface area contributed by atoms with Crippen LogP contribution in [-0.2, 0) is 21.7 Å². The zero-order valence-electron chi connectivity index (χ0n) is 18.1. The maximum absolute atomic E-state index is 13.8. The third-order valence-corrected chi connectivity index (χ3v) is 7.69. The van der Waals surface area contributed by atoms with E-state index in [-0.39, 0.29) is 17.9 Å². The summed E-state index contributed by atoms with van der Waals surface area (Å²) >= 11 is 0. The molecule has 4 aliphatic rings. The molecular formula is C20H29F3N4O3S. The van der Waals surface area contributed by atoms with Gasteiger partial charge in [-0.3, -0.25) is 9.48 Å². The maximum Gasteiger partial charge on any atom is 0.433 e. The molecule has 31 heavy (non-hydrogen) atoms. The van der Waals surface area contributed by atoms with Gasteiger partial charge >= 0.3 is 6.18 Å². The smallest absolute Gasteiger partial charge is 0.349 e. The number of sulfonamides is 1. The highest BCUT2D eigenvalue weighted by Gasteiger charge is 2.56. The van der Waals surface area contributed by atoms with Gasteiger partial charge in [0.1, 0.15) is 0 Å². The van der Waals surface area contributed by atoms with Gasteiger partial charge in [0.2, 0.25) is 10.0 Å². The lowest BCUT2D eigenvalue weighted by molar-refractivity contribution is -0.146. The minimum absolute atomic E-state index is 0.0384. The number of hydrogen-bond donors (Lipinski definition) is 2. The average molecular weight is 463 g/mol. The van der Waals surface area contributed by atoms with Crippen molar-refractivity contribution in [2.45, 2.75) is 76.2 Å². The monoisotopic (exact) mass is 462 g/mol. The van der Waals surface area contributed by atoms with Crippen LogP contribution in [0.3, 0.4) is 0 Å². The number of rotatable bonds is 4. The summed E-state index contributed by atoms with van der Waals surface area (Å²) < 4.78 is 68.8. The average Bonchev–Trinajstić information content (AvgIpc) is 3.01. The summed E-state index contributed by atoms with van der Waals surface area (Å²) in [6.07, 6.45) is 1.08. The molecule has 0 radical (unpaired) electrons. The van der Waals surface area contributed by atoms with E-state index < -0.39 is 44.4 Å². The summed E-state index contributed by atoms with van der Waals surface area (Å²) in [6.45, 7) is 4.80. The number of nitrogens with one attached hydrogen (secondary N) is 2. The fourth-order valence-corrected chi connectivity index (χ4v) is 7.34. The molecule has 4 bridgehead atoms. The Balaban J connectivity index is 1.58. The molecule has 1 aromatic rings. The third kappa shape index (κ3) is 4.22. The maximum atomic E-state index is 13.8. The largest absolute Gasteiger partial charge is 0.433 e. The van der Waals surface area contributed by atoms with Crippen LogP contribution in [0, 0.1) is 17.8 Å². The molecule has 1 aromatic heterocycles. The van der Waals surface area contributed by atoms with Gasteiger partial charge in [-0.05, 0) is 70.6 Å². The lowest BCUT2D eigenvalue weighted by atomic mass is 9.51. The van der Waals surface area contributed by atoms with Crippen LogP contribution < -0.4 is 10.0 Å². The molecule has 1 amide bonds. The number of hydrogen-bond acceptors (Lipinski definition) is 4. The second-order valence-corrected chi connectivity index (χ2v) is 12.4. The van der Waals surface area contributed by atoms with Gasteiger partial charge in [-0.25, -0.2) is 13.1 Å². The molecule has 7 nitrogen and oxygen atoms in total. The van der Waals surface area contributed by atoms with Gasteiger partial charge in [-0.1, -0.05) is 0 Å². The number of carbonyl (C=O) groups excluding carboxylic acids is 1. The van der Waals surface area contributed by atoms with Crippen LogP contribution in [0.25, 0.3) is 0 Å². The highest BCUT2D eigenvalue weighted by molar-refractivity contribution is 7.88. The van der Waals surface area contributed by atoms with Crippen LogP contribution in [0.4, 0.5) is 13.2 Å². The van der Waals surface area contributed by atoms with Crippen molar-refractivity contribution in [3.63, 3.8) is 0 Å². The van der Waals surface area contributed by atoms with E-state index in [9.17, 15) is 26.4 Å². The van der Waals surface area contributed by atoms with Gasteiger partial charge < -0.3 is 5.32 Å². The predicted molar refractivity (Wildman–Crippen MR) is 108 cm³/mol. The molecule has 4 saturated carbocycles. The first-order chi connectivity index (χ1) is 14.1. The standard InChI is InChI=1S/C20H29F3N4O3S/c1-18(2,3)27-16(20(21,22)23)14(10-24-27)17(28)25-15-12-5-11-6-13(15)9-19(7-11,8-12)26-31(4,29)30/h10-13,15,26H,5-9H2,1-4H3,(H,25,28). The molecule has 1 heterocycles. The normalized spacial score (nSPS) is 33.0. The molecule has 4 aliphatic carbocycles. The minimum Gasteiger partial charge on any atom is -0.349 e.